The standard InChI is InChI=1S/C42H52F3N7O6/c1-40(2,3)57-38(55)47-19-21-52(22-20-48-39(56)58-41(4,5)6)32-17-13-27(14-18-32)23-33(46)36(53)51-35(24-28-11-15-30(16-12-28)42(43,44)45)37(54)50-31-25-29-9-7-8-10-34(29)49-26-31/h7-18,25-26,33,35H,19-24,46H2,1-6H3,(H,47,55)(H,48,56)(H,50,54)(H,51,53)/t33-,35-/m0/s1. The number of carbonyl (C=O) groups is 4. The van der Waals surface area contributed by atoms with Gasteiger partial charge in [-0.25, -0.2) is 9.59 Å². The number of hydrogen-bond acceptors (Lipinski definition) is 9. The van der Waals surface area contributed by atoms with Gasteiger partial charge in [0.15, 0.2) is 0 Å². The Hall–Kier alpha value is -5.90. The van der Waals surface area contributed by atoms with Crippen LogP contribution in [0.1, 0.15) is 58.2 Å². The number of rotatable bonds is 15. The van der Waals surface area contributed by atoms with Gasteiger partial charge in [-0.3, -0.25) is 14.6 Å². The smallest absolute Gasteiger partial charge is 0.416 e. The van der Waals surface area contributed by atoms with Crippen LogP contribution in [0.15, 0.2) is 85.1 Å². The molecule has 0 aliphatic carbocycles. The van der Waals surface area contributed by atoms with Crippen molar-refractivity contribution in [3.05, 3.63) is 102 Å². The lowest BCUT2D eigenvalue weighted by atomic mass is 10.0. The Morgan fingerprint density at radius 1 is 0.741 bits per heavy atom. The largest absolute Gasteiger partial charge is 0.444 e. The first-order valence-corrected chi connectivity index (χ1v) is 18.8. The summed E-state index contributed by atoms with van der Waals surface area (Å²) in [5.41, 5.74) is 7.13. The van der Waals surface area contributed by atoms with Crippen molar-refractivity contribution < 1.29 is 41.8 Å². The molecule has 58 heavy (non-hydrogen) atoms. The summed E-state index contributed by atoms with van der Waals surface area (Å²) in [7, 11) is 0. The summed E-state index contributed by atoms with van der Waals surface area (Å²) in [6.45, 7) is 11.8. The number of hydrogen-bond donors (Lipinski definition) is 5. The van der Waals surface area contributed by atoms with E-state index < -0.39 is 59.0 Å². The minimum atomic E-state index is -4.53. The topological polar surface area (TPSA) is 177 Å². The Morgan fingerprint density at radius 2 is 1.28 bits per heavy atom. The molecular weight excluding hydrogens is 755 g/mol. The fourth-order valence-corrected chi connectivity index (χ4v) is 5.70. The minimum Gasteiger partial charge on any atom is -0.444 e. The molecule has 0 saturated heterocycles. The van der Waals surface area contributed by atoms with Crippen molar-refractivity contribution in [1.29, 1.82) is 0 Å². The van der Waals surface area contributed by atoms with Crippen LogP contribution in [0.4, 0.5) is 34.1 Å². The first-order chi connectivity index (χ1) is 27.1. The zero-order chi connectivity index (χ0) is 42.7. The van der Waals surface area contributed by atoms with Crippen molar-refractivity contribution in [3.8, 4) is 0 Å². The SMILES string of the molecule is CC(C)(C)OC(=O)NCCN(CCNC(=O)OC(C)(C)C)c1ccc(C[C@H](N)C(=O)N[C@@H](Cc2ccc(C(F)(F)F)cc2)C(=O)Nc2cnc3ccccc3c2)cc1. The molecule has 0 aliphatic rings. The molecule has 0 radical (unpaired) electrons. The third kappa shape index (κ3) is 14.9. The van der Waals surface area contributed by atoms with E-state index in [0.29, 0.717) is 35.4 Å². The maximum absolute atomic E-state index is 13.6. The van der Waals surface area contributed by atoms with E-state index in [-0.39, 0.29) is 25.9 Å². The Morgan fingerprint density at radius 3 is 1.83 bits per heavy atom. The molecule has 4 aromatic rings. The van der Waals surface area contributed by atoms with Crippen molar-refractivity contribution in [3.63, 3.8) is 0 Å². The third-order valence-electron chi connectivity index (χ3n) is 8.41. The fourth-order valence-electron chi connectivity index (χ4n) is 5.70. The van der Waals surface area contributed by atoms with Gasteiger partial charge >= 0.3 is 18.4 Å². The minimum absolute atomic E-state index is 0.0930. The molecule has 6 N–H and O–H groups in total. The Balaban J connectivity index is 1.44. The highest BCUT2D eigenvalue weighted by molar-refractivity contribution is 5.99. The number of anilines is 2. The quantitative estimate of drug-likeness (QED) is 0.0917. The average molecular weight is 808 g/mol. The van der Waals surface area contributed by atoms with Crippen LogP contribution in [0, 0.1) is 0 Å². The van der Waals surface area contributed by atoms with Crippen molar-refractivity contribution in [2.24, 2.45) is 5.73 Å². The van der Waals surface area contributed by atoms with Crippen LogP contribution < -0.4 is 31.9 Å². The number of benzene rings is 3. The summed E-state index contributed by atoms with van der Waals surface area (Å²) in [6.07, 6.45) is -4.20. The van der Waals surface area contributed by atoms with Crippen molar-refractivity contribution in [2.75, 3.05) is 36.4 Å². The van der Waals surface area contributed by atoms with Gasteiger partial charge in [0, 0.05) is 43.7 Å². The van der Waals surface area contributed by atoms with E-state index >= 15 is 0 Å². The number of carbonyl (C=O) groups excluding carboxylic acids is 4. The zero-order valence-corrected chi connectivity index (χ0v) is 33.5. The van der Waals surface area contributed by atoms with E-state index in [9.17, 15) is 32.3 Å². The van der Waals surface area contributed by atoms with Gasteiger partial charge in [-0.2, -0.15) is 13.2 Å². The number of nitrogens with zero attached hydrogens (tertiary/aromatic N) is 2. The first kappa shape index (κ1) is 44.8. The predicted octanol–water partition coefficient (Wildman–Crippen LogP) is 6.35. The molecular formula is C42H52F3N7O6. The molecule has 4 rings (SSSR count). The van der Waals surface area contributed by atoms with E-state index in [1.54, 1.807) is 59.7 Å². The fraction of sp³-hybridized carbons (Fsp3) is 0.405. The van der Waals surface area contributed by atoms with Crippen LogP contribution in [-0.4, -0.2) is 78.4 Å². The lowest BCUT2D eigenvalue weighted by molar-refractivity contribution is -0.137. The molecule has 4 amide bonds. The number of nitrogens with two attached hydrogens (primary N) is 1. The highest BCUT2D eigenvalue weighted by Crippen LogP contribution is 2.29. The Bertz CT molecular complexity index is 1980. The van der Waals surface area contributed by atoms with Gasteiger partial charge in [0.05, 0.1) is 29.0 Å². The number of alkyl halides is 3. The van der Waals surface area contributed by atoms with Crippen molar-refractivity contribution in [1.82, 2.24) is 20.9 Å². The van der Waals surface area contributed by atoms with Gasteiger partial charge in [-0.15, -0.1) is 0 Å². The molecule has 1 heterocycles. The maximum atomic E-state index is 13.6. The third-order valence-corrected chi connectivity index (χ3v) is 8.41. The molecule has 0 saturated carbocycles. The van der Waals surface area contributed by atoms with Crippen LogP contribution in [-0.2, 0) is 38.1 Å². The summed E-state index contributed by atoms with van der Waals surface area (Å²) >= 11 is 0. The van der Waals surface area contributed by atoms with Gasteiger partial charge in [0.2, 0.25) is 11.8 Å². The molecule has 312 valence electrons. The molecule has 0 spiro atoms. The number of aromatic nitrogens is 1. The first-order valence-electron chi connectivity index (χ1n) is 18.8. The highest BCUT2D eigenvalue weighted by Gasteiger charge is 2.31. The number of fused-ring (bicyclic) bond motifs is 1. The molecule has 0 bridgehead atoms. The summed E-state index contributed by atoms with van der Waals surface area (Å²) in [4.78, 5) is 57.9. The highest BCUT2D eigenvalue weighted by atomic mass is 19.4. The second kappa shape index (κ2) is 19.5. The average Bonchev–Trinajstić information content (AvgIpc) is 3.12. The molecule has 0 aliphatic heterocycles. The number of alkyl carbamates (subject to hydrolysis) is 2. The number of nitrogens with one attached hydrogen (secondary N) is 4. The van der Waals surface area contributed by atoms with Crippen LogP contribution >= 0.6 is 0 Å². The number of pyridine rings is 1. The number of halogens is 3. The predicted molar refractivity (Wildman–Crippen MR) is 216 cm³/mol. The molecule has 1 aromatic heterocycles. The van der Waals surface area contributed by atoms with E-state index in [0.717, 1.165) is 23.2 Å². The summed E-state index contributed by atoms with van der Waals surface area (Å²) < 4.78 is 50.3. The van der Waals surface area contributed by atoms with Gasteiger partial charge in [0.25, 0.3) is 0 Å². The molecule has 16 heteroatoms. The molecule has 0 fully saturated rings. The normalized spacial score (nSPS) is 12.9. The molecule has 2 atom stereocenters. The van der Waals surface area contributed by atoms with Gasteiger partial charge in [0.1, 0.15) is 17.2 Å². The maximum Gasteiger partial charge on any atom is 0.416 e. The lowest BCUT2D eigenvalue weighted by Gasteiger charge is -2.27. The van der Waals surface area contributed by atoms with Crippen LogP contribution in [0.25, 0.3) is 10.9 Å². The monoisotopic (exact) mass is 807 g/mol. The number of para-hydroxylation sites is 1. The van der Waals surface area contributed by atoms with E-state index in [2.05, 4.69) is 26.3 Å². The van der Waals surface area contributed by atoms with Crippen LogP contribution in [0.5, 0.6) is 0 Å². The lowest BCUT2D eigenvalue weighted by Crippen LogP contribution is -2.51. The van der Waals surface area contributed by atoms with Gasteiger partial charge in [-0.1, -0.05) is 42.5 Å². The van der Waals surface area contributed by atoms with Crippen molar-refractivity contribution >= 4 is 46.3 Å². The van der Waals surface area contributed by atoms with Crippen molar-refractivity contribution in [2.45, 2.75) is 83.8 Å². The molecule has 0 unspecified atom stereocenters. The molecule has 3 aromatic carbocycles. The van der Waals surface area contributed by atoms with E-state index in [4.69, 9.17) is 15.2 Å². The van der Waals surface area contributed by atoms with Crippen LogP contribution in [0.2, 0.25) is 0 Å². The van der Waals surface area contributed by atoms with E-state index in [1.807, 2.05) is 41.3 Å². The number of ether oxygens (including phenoxy) is 2. The zero-order valence-electron chi connectivity index (χ0n) is 33.5. The Labute approximate surface area is 336 Å². The second-order valence-electron chi connectivity index (χ2n) is 15.7. The summed E-state index contributed by atoms with van der Waals surface area (Å²) in [5, 5.41) is 11.7. The Kier molecular flexibility index (Phi) is 15.1. The van der Waals surface area contributed by atoms with Gasteiger partial charge in [-0.05, 0) is 95.5 Å². The summed E-state index contributed by atoms with van der Waals surface area (Å²) in [6, 6.07) is 18.3. The second-order valence-corrected chi connectivity index (χ2v) is 15.7. The molecule has 13 nitrogen and oxygen atoms in total. The number of amides is 4. The van der Waals surface area contributed by atoms with Crippen LogP contribution in [0.3, 0.4) is 0 Å². The van der Waals surface area contributed by atoms with E-state index in [1.165, 1.54) is 18.3 Å². The summed E-state index contributed by atoms with van der Waals surface area (Å²) in [5.74, 6) is -1.25. The van der Waals surface area contributed by atoms with Gasteiger partial charge < -0.3 is 41.4 Å².